The van der Waals surface area contributed by atoms with E-state index in [1.165, 1.54) is 11.8 Å². The van der Waals surface area contributed by atoms with Crippen molar-refractivity contribution in [1.29, 1.82) is 0 Å². The lowest BCUT2D eigenvalue weighted by Crippen LogP contribution is -2.22. The number of carbonyl (C=O) groups is 1. The van der Waals surface area contributed by atoms with E-state index in [4.69, 9.17) is 27.9 Å². The molecule has 0 fully saturated rings. The zero-order valence-electron chi connectivity index (χ0n) is 13.7. The molecule has 0 bridgehead atoms. The fourth-order valence-electron chi connectivity index (χ4n) is 2.60. The Hall–Kier alpha value is -2.23. The summed E-state index contributed by atoms with van der Waals surface area (Å²) >= 11 is 12.0. The summed E-state index contributed by atoms with van der Waals surface area (Å²) in [5, 5.41) is 1.34. The minimum absolute atomic E-state index is 0.0744. The third-order valence-electron chi connectivity index (χ3n) is 3.90. The van der Waals surface area contributed by atoms with E-state index in [0.29, 0.717) is 22.4 Å². The molecule has 5 heteroatoms. The minimum Gasteiger partial charge on any atom is -0.491 e. The van der Waals surface area contributed by atoms with Crippen LogP contribution in [-0.4, -0.2) is 10.8 Å². The van der Waals surface area contributed by atoms with Gasteiger partial charge in [0.1, 0.15) is 12.4 Å². The Balaban J connectivity index is 1.84. The fraction of sp³-hybridized carbons (Fsp3) is 0.150. The number of allylic oxidation sites excluding steroid dienone is 1. The summed E-state index contributed by atoms with van der Waals surface area (Å²) in [6.45, 7) is 1.88. The van der Waals surface area contributed by atoms with Gasteiger partial charge in [-0.25, -0.2) is 0 Å². The lowest BCUT2D eigenvalue weighted by Gasteiger charge is -2.26. The van der Waals surface area contributed by atoms with Gasteiger partial charge in [-0.3, -0.25) is 9.69 Å². The van der Waals surface area contributed by atoms with Gasteiger partial charge in [-0.05, 0) is 35.4 Å². The van der Waals surface area contributed by atoms with E-state index in [1.54, 1.807) is 12.4 Å². The van der Waals surface area contributed by atoms with Gasteiger partial charge in [-0.15, -0.1) is 0 Å². The van der Waals surface area contributed by atoms with Gasteiger partial charge in [0, 0.05) is 23.2 Å². The maximum atomic E-state index is 11.7. The summed E-state index contributed by atoms with van der Waals surface area (Å²) in [5.41, 5.74) is 2.01. The Morgan fingerprint density at radius 2 is 1.88 bits per heavy atom. The molecule has 2 aromatic rings. The van der Waals surface area contributed by atoms with Crippen molar-refractivity contribution in [3.05, 3.63) is 93.9 Å². The molecular weight excluding hydrogens is 357 g/mol. The van der Waals surface area contributed by atoms with E-state index in [9.17, 15) is 4.79 Å². The SMILES string of the molecule is CC(=O)N1C=CC(c2ccc(Cl)cc2)C(OCc2cccc(Cl)c2)=C1. The van der Waals surface area contributed by atoms with Crippen LogP contribution in [0.25, 0.3) is 0 Å². The highest BCUT2D eigenvalue weighted by Crippen LogP contribution is 2.32. The van der Waals surface area contributed by atoms with Crippen LogP contribution in [0.4, 0.5) is 0 Å². The summed E-state index contributed by atoms with van der Waals surface area (Å²) in [6.07, 6.45) is 5.43. The lowest BCUT2D eigenvalue weighted by atomic mass is 9.95. The van der Waals surface area contributed by atoms with Crippen LogP contribution < -0.4 is 0 Å². The van der Waals surface area contributed by atoms with Gasteiger partial charge < -0.3 is 4.74 Å². The Bertz CT molecular complexity index is 828. The van der Waals surface area contributed by atoms with Crippen molar-refractivity contribution in [2.24, 2.45) is 0 Å². The average molecular weight is 374 g/mol. The van der Waals surface area contributed by atoms with Crippen LogP contribution in [0.2, 0.25) is 10.0 Å². The molecule has 0 radical (unpaired) electrons. The zero-order valence-corrected chi connectivity index (χ0v) is 15.2. The number of benzene rings is 2. The van der Waals surface area contributed by atoms with Crippen LogP contribution in [0.1, 0.15) is 24.0 Å². The molecule has 1 unspecified atom stereocenters. The van der Waals surface area contributed by atoms with E-state index in [1.807, 2.05) is 54.6 Å². The molecule has 1 aliphatic heterocycles. The number of carbonyl (C=O) groups excluding carboxylic acids is 1. The molecule has 128 valence electrons. The van der Waals surface area contributed by atoms with Crippen molar-refractivity contribution in [2.75, 3.05) is 0 Å². The van der Waals surface area contributed by atoms with Gasteiger partial charge in [-0.2, -0.15) is 0 Å². The van der Waals surface area contributed by atoms with E-state index >= 15 is 0 Å². The Labute approximate surface area is 157 Å². The van der Waals surface area contributed by atoms with Crippen LogP contribution >= 0.6 is 23.2 Å². The van der Waals surface area contributed by atoms with Gasteiger partial charge >= 0.3 is 0 Å². The Morgan fingerprint density at radius 1 is 1.12 bits per heavy atom. The monoisotopic (exact) mass is 373 g/mol. The summed E-state index contributed by atoms with van der Waals surface area (Å²) in [4.78, 5) is 13.2. The predicted octanol–water partition coefficient (Wildman–Crippen LogP) is 5.51. The molecule has 0 spiro atoms. The van der Waals surface area contributed by atoms with Gasteiger partial charge in [0.05, 0.1) is 12.1 Å². The second-order valence-corrected chi connectivity index (χ2v) is 6.62. The second kappa shape index (κ2) is 7.77. The first-order valence-electron chi connectivity index (χ1n) is 7.84. The maximum absolute atomic E-state index is 11.7. The summed E-state index contributed by atoms with van der Waals surface area (Å²) in [6, 6.07) is 15.1. The Kier molecular flexibility index (Phi) is 5.47. The fourth-order valence-corrected chi connectivity index (χ4v) is 2.93. The Morgan fingerprint density at radius 3 is 2.56 bits per heavy atom. The van der Waals surface area contributed by atoms with Crippen molar-refractivity contribution in [2.45, 2.75) is 19.4 Å². The molecule has 1 atom stereocenters. The number of nitrogens with zero attached hydrogens (tertiary/aromatic N) is 1. The molecule has 1 aliphatic rings. The molecule has 0 saturated heterocycles. The van der Waals surface area contributed by atoms with Crippen molar-refractivity contribution >= 4 is 29.1 Å². The molecule has 0 N–H and O–H groups in total. The predicted molar refractivity (Wildman–Crippen MR) is 100 cm³/mol. The topological polar surface area (TPSA) is 29.5 Å². The molecule has 0 aromatic heterocycles. The number of halogens is 2. The number of rotatable bonds is 4. The molecule has 3 rings (SSSR count). The first-order valence-corrected chi connectivity index (χ1v) is 8.60. The summed E-state index contributed by atoms with van der Waals surface area (Å²) in [5.74, 6) is 0.543. The van der Waals surface area contributed by atoms with Gasteiger partial charge in [-0.1, -0.05) is 53.5 Å². The van der Waals surface area contributed by atoms with Crippen molar-refractivity contribution < 1.29 is 9.53 Å². The lowest BCUT2D eigenvalue weighted by molar-refractivity contribution is -0.124. The first-order chi connectivity index (χ1) is 12.0. The third kappa shape index (κ3) is 4.44. The third-order valence-corrected chi connectivity index (χ3v) is 4.39. The first kappa shape index (κ1) is 17.6. The van der Waals surface area contributed by atoms with Crippen LogP contribution in [0, 0.1) is 0 Å². The summed E-state index contributed by atoms with van der Waals surface area (Å²) < 4.78 is 6.03. The molecule has 3 nitrogen and oxygen atoms in total. The number of amides is 1. The number of ether oxygens (including phenoxy) is 1. The zero-order chi connectivity index (χ0) is 17.8. The molecular formula is C20H17Cl2NO2. The molecule has 1 heterocycles. The van der Waals surface area contributed by atoms with E-state index in [-0.39, 0.29) is 11.8 Å². The highest BCUT2D eigenvalue weighted by atomic mass is 35.5. The van der Waals surface area contributed by atoms with E-state index in [2.05, 4.69) is 0 Å². The van der Waals surface area contributed by atoms with Crippen molar-refractivity contribution in [3.63, 3.8) is 0 Å². The van der Waals surface area contributed by atoms with Gasteiger partial charge in [0.2, 0.25) is 5.91 Å². The van der Waals surface area contributed by atoms with E-state index in [0.717, 1.165) is 11.1 Å². The molecule has 1 amide bonds. The molecule has 0 saturated carbocycles. The highest BCUT2D eigenvalue weighted by Gasteiger charge is 2.22. The van der Waals surface area contributed by atoms with Crippen LogP contribution in [0.5, 0.6) is 0 Å². The minimum atomic E-state index is -0.0768. The normalized spacial score (nSPS) is 16.5. The number of hydrogen-bond donors (Lipinski definition) is 0. The number of hydrogen-bond acceptors (Lipinski definition) is 2. The second-order valence-electron chi connectivity index (χ2n) is 5.75. The standard InChI is InChI=1S/C20H17Cl2NO2/c1-14(24)23-10-9-19(16-5-7-17(21)8-6-16)20(12-23)25-13-15-3-2-4-18(22)11-15/h2-12,19H,13H2,1H3. The van der Waals surface area contributed by atoms with E-state index < -0.39 is 0 Å². The molecule has 0 aliphatic carbocycles. The molecule has 2 aromatic carbocycles. The van der Waals surface area contributed by atoms with Gasteiger partial charge in [0.25, 0.3) is 0 Å². The van der Waals surface area contributed by atoms with Crippen molar-refractivity contribution in [1.82, 2.24) is 4.90 Å². The summed E-state index contributed by atoms with van der Waals surface area (Å²) in [7, 11) is 0. The van der Waals surface area contributed by atoms with Crippen LogP contribution in [0.3, 0.4) is 0 Å². The van der Waals surface area contributed by atoms with Gasteiger partial charge in [0.15, 0.2) is 0 Å². The van der Waals surface area contributed by atoms with Crippen LogP contribution in [-0.2, 0) is 16.1 Å². The molecule has 25 heavy (non-hydrogen) atoms. The smallest absolute Gasteiger partial charge is 0.227 e. The highest BCUT2D eigenvalue weighted by molar-refractivity contribution is 6.30. The largest absolute Gasteiger partial charge is 0.491 e. The van der Waals surface area contributed by atoms with Crippen molar-refractivity contribution in [3.8, 4) is 0 Å². The quantitative estimate of drug-likeness (QED) is 0.706. The van der Waals surface area contributed by atoms with Crippen LogP contribution in [0.15, 0.2) is 72.8 Å². The maximum Gasteiger partial charge on any atom is 0.227 e. The average Bonchev–Trinajstić information content (AvgIpc) is 2.60.